The summed E-state index contributed by atoms with van der Waals surface area (Å²) in [5.74, 6) is -0.0116. The molecule has 0 aromatic rings. The van der Waals surface area contributed by atoms with Gasteiger partial charge in [-0.05, 0) is 19.9 Å². The number of ether oxygens (including phenoxy) is 1. The van der Waals surface area contributed by atoms with Crippen molar-refractivity contribution >= 4 is 18.4 Å². The second-order valence-corrected chi connectivity index (χ2v) is 2.66. The van der Waals surface area contributed by atoms with Gasteiger partial charge in [-0.3, -0.25) is 4.79 Å². The molecule has 0 aromatic heterocycles. The topological polar surface area (TPSA) is 38.3 Å². The average molecular weight is 180 g/mol. The Labute approximate surface area is 72.9 Å². The van der Waals surface area contributed by atoms with Crippen LogP contribution in [0.4, 0.5) is 0 Å². The van der Waals surface area contributed by atoms with E-state index < -0.39 is 0 Å². The first-order valence-corrected chi connectivity index (χ1v) is 3.57. The molecule has 1 saturated heterocycles. The van der Waals surface area contributed by atoms with Crippen LogP contribution in [0.2, 0.25) is 0 Å². The first kappa shape index (κ1) is 10.7. The molecule has 0 aliphatic carbocycles. The van der Waals surface area contributed by atoms with Gasteiger partial charge in [-0.15, -0.1) is 12.4 Å². The van der Waals surface area contributed by atoms with Crippen LogP contribution in [-0.2, 0) is 9.53 Å². The van der Waals surface area contributed by atoms with Crippen LogP contribution in [0, 0.1) is 5.92 Å². The lowest BCUT2D eigenvalue weighted by Crippen LogP contribution is -2.28. The van der Waals surface area contributed by atoms with E-state index in [1.54, 1.807) is 0 Å². The van der Waals surface area contributed by atoms with E-state index in [2.05, 4.69) is 10.1 Å². The third-order valence-electron chi connectivity index (χ3n) is 2.03. The highest BCUT2D eigenvalue weighted by Crippen LogP contribution is 2.15. The first-order valence-electron chi connectivity index (χ1n) is 3.57. The number of methoxy groups -OCH3 is 1. The Kier molecular flexibility index (Phi) is 4.45. The van der Waals surface area contributed by atoms with Gasteiger partial charge < -0.3 is 10.1 Å². The Balaban J connectivity index is 0.000001000. The van der Waals surface area contributed by atoms with Crippen molar-refractivity contribution in [1.82, 2.24) is 5.32 Å². The van der Waals surface area contributed by atoms with Crippen molar-refractivity contribution in [2.75, 3.05) is 13.7 Å². The predicted octanol–water partition coefficient (Wildman–Crippen LogP) is 0.579. The molecule has 2 atom stereocenters. The second-order valence-electron chi connectivity index (χ2n) is 2.66. The van der Waals surface area contributed by atoms with Gasteiger partial charge in [0.05, 0.1) is 13.0 Å². The van der Waals surface area contributed by atoms with Gasteiger partial charge in [0.1, 0.15) is 0 Å². The molecular weight excluding hydrogens is 166 g/mol. The van der Waals surface area contributed by atoms with E-state index in [-0.39, 0.29) is 30.3 Å². The lowest BCUT2D eigenvalue weighted by atomic mass is 10.0. The predicted molar refractivity (Wildman–Crippen MR) is 44.8 cm³/mol. The number of rotatable bonds is 1. The maximum atomic E-state index is 11.0. The van der Waals surface area contributed by atoms with Crippen LogP contribution in [0.1, 0.15) is 13.3 Å². The second kappa shape index (κ2) is 4.57. The molecule has 1 aliphatic heterocycles. The molecule has 3 nitrogen and oxygen atoms in total. The van der Waals surface area contributed by atoms with Gasteiger partial charge in [0.15, 0.2) is 0 Å². The van der Waals surface area contributed by atoms with Crippen LogP contribution in [0.15, 0.2) is 0 Å². The maximum Gasteiger partial charge on any atom is 0.310 e. The highest BCUT2D eigenvalue weighted by atomic mass is 35.5. The molecule has 0 spiro atoms. The normalized spacial score (nSPS) is 29.3. The van der Waals surface area contributed by atoms with E-state index >= 15 is 0 Å². The number of esters is 1. The molecule has 0 bridgehead atoms. The molecule has 0 saturated carbocycles. The Hall–Kier alpha value is -0.280. The molecule has 0 radical (unpaired) electrons. The fraction of sp³-hybridized carbons (Fsp3) is 0.857. The number of nitrogens with one attached hydrogen (secondary N) is 1. The molecule has 1 N–H and O–H groups in total. The summed E-state index contributed by atoms with van der Waals surface area (Å²) in [6.45, 7) is 2.94. The van der Waals surface area contributed by atoms with Gasteiger partial charge in [0, 0.05) is 6.04 Å². The van der Waals surface area contributed by atoms with E-state index in [4.69, 9.17) is 0 Å². The molecule has 11 heavy (non-hydrogen) atoms. The first-order chi connectivity index (χ1) is 4.75. The van der Waals surface area contributed by atoms with Crippen LogP contribution in [0.3, 0.4) is 0 Å². The summed E-state index contributed by atoms with van der Waals surface area (Å²) >= 11 is 0. The zero-order valence-corrected chi connectivity index (χ0v) is 7.61. The standard InChI is InChI=1S/C7H13NO2.ClH/c1-5-6(3-4-8-5)7(9)10-2;/h5-6,8H,3-4H2,1-2H3;1H. The fourth-order valence-corrected chi connectivity index (χ4v) is 1.33. The lowest BCUT2D eigenvalue weighted by Gasteiger charge is -2.10. The largest absolute Gasteiger partial charge is 0.469 e. The SMILES string of the molecule is COC(=O)C1CCNC1C.Cl. The summed E-state index contributed by atoms with van der Waals surface area (Å²) < 4.78 is 4.63. The Morgan fingerprint density at radius 1 is 1.64 bits per heavy atom. The van der Waals surface area contributed by atoms with Gasteiger partial charge in [0.2, 0.25) is 0 Å². The summed E-state index contributed by atoms with van der Waals surface area (Å²) in [6, 6.07) is 0.285. The van der Waals surface area contributed by atoms with E-state index in [1.165, 1.54) is 7.11 Å². The molecule has 0 aromatic carbocycles. The Morgan fingerprint density at radius 3 is 2.64 bits per heavy atom. The van der Waals surface area contributed by atoms with Gasteiger partial charge in [0.25, 0.3) is 0 Å². The van der Waals surface area contributed by atoms with E-state index in [9.17, 15) is 4.79 Å². The summed E-state index contributed by atoms with van der Waals surface area (Å²) in [5.41, 5.74) is 0. The van der Waals surface area contributed by atoms with Gasteiger partial charge in [-0.25, -0.2) is 0 Å². The molecule has 2 unspecified atom stereocenters. The highest BCUT2D eigenvalue weighted by Gasteiger charge is 2.29. The van der Waals surface area contributed by atoms with E-state index in [0.29, 0.717) is 0 Å². The van der Waals surface area contributed by atoms with Crippen molar-refractivity contribution < 1.29 is 9.53 Å². The molecule has 4 heteroatoms. The summed E-state index contributed by atoms with van der Waals surface area (Å²) in [5, 5.41) is 3.18. The van der Waals surface area contributed by atoms with Gasteiger partial charge in [-0.1, -0.05) is 0 Å². The molecule has 66 valence electrons. The summed E-state index contributed by atoms with van der Waals surface area (Å²) in [6.07, 6.45) is 0.911. The van der Waals surface area contributed by atoms with Crippen LogP contribution >= 0.6 is 12.4 Å². The fourth-order valence-electron chi connectivity index (χ4n) is 1.33. The number of halogens is 1. The van der Waals surface area contributed by atoms with Crippen molar-refractivity contribution in [1.29, 1.82) is 0 Å². The van der Waals surface area contributed by atoms with Crippen LogP contribution in [0.5, 0.6) is 0 Å². The Bertz CT molecular complexity index is 140. The zero-order valence-electron chi connectivity index (χ0n) is 6.79. The molecule has 0 amide bonds. The van der Waals surface area contributed by atoms with Gasteiger partial charge in [-0.2, -0.15) is 0 Å². The minimum Gasteiger partial charge on any atom is -0.469 e. The van der Waals surface area contributed by atoms with E-state index in [1.807, 2.05) is 6.92 Å². The summed E-state index contributed by atoms with van der Waals surface area (Å²) in [7, 11) is 1.44. The molecule has 1 fully saturated rings. The lowest BCUT2D eigenvalue weighted by molar-refractivity contribution is -0.145. The number of hydrogen-bond acceptors (Lipinski definition) is 3. The monoisotopic (exact) mass is 179 g/mol. The van der Waals surface area contributed by atoms with Crippen molar-refractivity contribution in [3.63, 3.8) is 0 Å². The Morgan fingerprint density at radius 2 is 2.27 bits per heavy atom. The smallest absolute Gasteiger partial charge is 0.310 e. The maximum absolute atomic E-state index is 11.0. The van der Waals surface area contributed by atoms with Crippen molar-refractivity contribution in [2.45, 2.75) is 19.4 Å². The number of carbonyl (C=O) groups excluding carboxylic acids is 1. The number of hydrogen-bond donors (Lipinski definition) is 1. The van der Waals surface area contributed by atoms with Crippen molar-refractivity contribution in [3.8, 4) is 0 Å². The molecule has 1 heterocycles. The van der Waals surface area contributed by atoms with Gasteiger partial charge >= 0.3 is 5.97 Å². The minimum absolute atomic E-state index is 0. The molecule has 1 rings (SSSR count). The average Bonchev–Trinajstić information content (AvgIpc) is 2.34. The van der Waals surface area contributed by atoms with Crippen molar-refractivity contribution in [2.24, 2.45) is 5.92 Å². The van der Waals surface area contributed by atoms with E-state index in [0.717, 1.165) is 13.0 Å². The van der Waals surface area contributed by atoms with Crippen LogP contribution in [-0.4, -0.2) is 25.7 Å². The molecule has 1 aliphatic rings. The quantitative estimate of drug-likeness (QED) is 0.599. The minimum atomic E-state index is -0.0856. The van der Waals surface area contributed by atoms with Crippen LogP contribution < -0.4 is 5.32 Å². The zero-order chi connectivity index (χ0) is 7.56. The number of carbonyl (C=O) groups is 1. The summed E-state index contributed by atoms with van der Waals surface area (Å²) in [4.78, 5) is 11.0. The molecular formula is C7H14ClNO2. The third-order valence-corrected chi connectivity index (χ3v) is 2.03. The highest BCUT2D eigenvalue weighted by molar-refractivity contribution is 5.85. The van der Waals surface area contributed by atoms with Crippen molar-refractivity contribution in [3.05, 3.63) is 0 Å². The third kappa shape index (κ3) is 2.34. The van der Waals surface area contributed by atoms with Crippen LogP contribution in [0.25, 0.3) is 0 Å².